The SMILES string of the molecule is CNCC1(CC=O)COC1. The summed E-state index contributed by atoms with van der Waals surface area (Å²) in [5.74, 6) is 0. The van der Waals surface area contributed by atoms with Crippen molar-refractivity contribution in [1.29, 1.82) is 0 Å². The molecule has 0 bridgehead atoms. The Bertz CT molecular complexity index is 121. The average molecular weight is 143 g/mol. The Morgan fingerprint density at radius 3 is 2.70 bits per heavy atom. The molecule has 0 aromatic heterocycles. The summed E-state index contributed by atoms with van der Waals surface area (Å²) in [4.78, 5) is 10.2. The highest BCUT2D eigenvalue weighted by molar-refractivity contribution is 5.51. The van der Waals surface area contributed by atoms with E-state index in [1.165, 1.54) is 0 Å². The van der Waals surface area contributed by atoms with Crippen LogP contribution in [0.1, 0.15) is 6.42 Å². The molecule has 1 aliphatic heterocycles. The van der Waals surface area contributed by atoms with Crippen LogP contribution in [0, 0.1) is 5.41 Å². The maximum Gasteiger partial charge on any atom is 0.120 e. The molecule has 0 atom stereocenters. The van der Waals surface area contributed by atoms with Crippen molar-refractivity contribution >= 4 is 6.29 Å². The van der Waals surface area contributed by atoms with Gasteiger partial charge in [-0.05, 0) is 7.05 Å². The number of hydrogen-bond acceptors (Lipinski definition) is 3. The minimum absolute atomic E-state index is 0.122. The maximum atomic E-state index is 10.2. The van der Waals surface area contributed by atoms with Gasteiger partial charge in [-0.2, -0.15) is 0 Å². The topological polar surface area (TPSA) is 38.3 Å². The number of hydrogen-bond donors (Lipinski definition) is 1. The van der Waals surface area contributed by atoms with E-state index in [9.17, 15) is 4.79 Å². The molecule has 0 amide bonds. The van der Waals surface area contributed by atoms with Gasteiger partial charge in [0.25, 0.3) is 0 Å². The molecule has 3 nitrogen and oxygen atoms in total. The van der Waals surface area contributed by atoms with E-state index in [2.05, 4.69) is 5.32 Å². The molecule has 58 valence electrons. The molecule has 3 heteroatoms. The van der Waals surface area contributed by atoms with E-state index < -0.39 is 0 Å². The van der Waals surface area contributed by atoms with E-state index in [4.69, 9.17) is 4.74 Å². The van der Waals surface area contributed by atoms with Gasteiger partial charge in [0, 0.05) is 18.4 Å². The lowest BCUT2D eigenvalue weighted by molar-refractivity contribution is -0.131. The zero-order chi connectivity index (χ0) is 7.45. The van der Waals surface area contributed by atoms with Crippen LogP contribution in [0.2, 0.25) is 0 Å². The number of rotatable bonds is 4. The first-order valence-electron chi connectivity index (χ1n) is 3.49. The van der Waals surface area contributed by atoms with Crippen molar-refractivity contribution in [2.75, 3.05) is 26.8 Å². The maximum absolute atomic E-state index is 10.2. The van der Waals surface area contributed by atoms with Crippen molar-refractivity contribution in [2.45, 2.75) is 6.42 Å². The second kappa shape index (κ2) is 3.12. The number of carbonyl (C=O) groups is 1. The van der Waals surface area contributed by atoms with E-state index >= 15 is 0 Å². The van der Waals surface area contributed by atoms with Gasteiger partial charge >= 0.3 is 0 Å². The summed E-state index contributed by atoms with van der Waals surface area (Å²) in [7, 11) is 1.89. The third-order valence-corrected chi connectivity index (χ3v) is 1.88. The molecule has 1 aliphatic rings. The highest BCUT2D eigenvalue weighted by Crippen LogP contribution is 2.29. The zero-order valence-electron chi connectivity index (χ0n) is 6.22. The van der Waals surface area contributed by atoms with Gasteiger partial charge in [-0.3, -0.25) is 0 Å². The second-order valence-electron chi connectivity index (χ2n) is 2.89. The lowest BCUT2D eigenvalue weighted by Gasteiger charge is -2.39. The third kappa shape index (κ3) is 1.36. The van der Waals surface area contributed by atoms with Gasteiger partial charge in [0.05, 0.1) is 13.2 Å². The molecule has 0 saturated carbocycles. The Balaban J connectivity index is 2.34. The second-order valence-corrected chi connectivity index (χ2v) is 2.89. The Morgan fingerprint density at radius 2 is 2.40 bits per heavy atom. The minimum atomic E-state index is 0.122. The number of nitrogens with one attached hydrogen (secondary N) is 1. The van der Waals surface area contributed by atoms with Crippen LogP contribution in [-0.2, 0) is 9.53 Å². The summed E-state index contributed by atoms with van der Waals surface area (Å²) in [6.07, 6.45) is 1.59. The molecule has 1 N–H and O–H groups in total. The average Bonchev–Trinajstić information content (AvgIpc) is 1.84. The zero-order valence-corrected chi connectivity index (χ0v) is 6.22. The Morgan fingerprint density at radius 1 is 1.70 bits per heavy atom. The van der Waals surface area contributed by atoms with Crippen molar-refractivity contribution in [3.8, 4) is 0 Å². The lowest BCUT2D eigenvalue weighted by atomic mass is 9.83. The lowest BCUT2D eigenvalue weighted by Crippen LogP contribution is -2.49. The molecular formula is C7H13NO2. The molecule has 1 fully saturated rings. The minimum Gasteiger partial charge on any atom is -0.380 e. The van der Waals surface area contributed by atoms with Gasteiger partial charge in [-0.25, -0.2) is 0 Å². The Hall–Kier alpha value is -0.410. The van der Waals surface area contributed by atoms with Crippen LogP contribution < -0.4 is 5.32 Å². The molecule has 0 radical (unpaired) electrons. The van der Waals surface area contributed by atoms with Gasteiger partial charge in [-0.15, -0.1) is 0 Å². The molecule has 0 unspecified atom stereocenters. The summed E-state index contributed by atoms with van der Waals surface area (Å²) in [6.45, 7) is 2.34. The molecule has 10 heavy (non-hydrogen) atoms. The van der Waals surface area contributed by atoms with Crippen LogP contribution in [0.25, 0.3) is 0 Å². The first kappa shape index (κ1) is 7.69. The summed E-state index contributed by atoms with van der Waals surface area (Å²) in [6, 6.07) is 0. The summed E-state index contributed by atoms with van der Waals surface area (Å²) >= 11 is 0. The van der Waals surface area contributed by atoms with Gasteiger partial charge in [0.1, 0.15) is 6.29 Å². The smallest absolute Gasteiger partial charge is 0.120 e. The summed E-state index contributed by atoms with van der Waals surface area (Å²) in [5, 5.41) is 3.06. The molecular weight excluding hydrogens is 130 g/mol. The predicted molar refractivity (Wildman–Crippen MR) is 37.9 cm³/mol. The first-order valence-corrected chi connectivity index (χ1v) is 3.49. The highest BCUT2D eigenvalue weighted by atomic mass is 16.5. The molecule has 0 spiro atoms. The standard InChI is InChI=1S/C7H13NO2/c1-8-4-7(2-3-9)5-10-6-7/h3,8H,2,4-6H2,1H3. The van der Waals surface area contributed by atoms with Crippen LogP contribution in [0.15, 0.2) is 0 Å². The first-order chi connectivity index (χ1) is 4.83. The van der Waals surface area contributed by atoms with Gasteiger partial charge in [-0.1, -0.05) is 0 Å². The Kier molecular flexibility index (Phi) is 2.40. The van der Waals surface area contributed by atoms with E-state index in [0.717, 1.165) is 26.0 Å². The number of carbonyl (C=O) groups excluding carboxylic acids is 1. The largest absolute Gasteiger partial charge is 0.380 e. The third-order valence-electron chi connectivity index (χ3n) is 1.88. The molecule has 0 aliphatic carbocycles. The van der Waals surface area contributed by atoms with Crippen LogP contribution in [0.5, 0.6) is 0 Å². The van der Waals surface area contributed by atoms with Crippen LogP contribution in [0.3, 0.4) is 0 Å². The van der Waals surface area contributed by atoms with Gasteiger partial charge in [0.2, 0.25) is 0 Å². The van der Waals surface area contributed by atoms with Crippen molar-refractivity contribution in [3.05, 3.63) is 0 Å². The summed E-state index contributed by atoms with van der Waals surface area (Å²) in [5.41, 5.74) is 0.122. The quantitative estimate of drug-likeness (QED) is 0.554. The molecule has 1 heterocycles. The number of aldehydes is 1. The molecule has 1 saturated heterocycles. The molecule has 0 aromatic carbocycles. The van der Waals surface area contributed by atoms with Crippen LogP contribution >= 0.6 is 0 Å². The van der Waals surface area contributed by atoms with E-state index in [1.807, 2.05) is 7.05 Å². The molecule has 0 aromatic rings. The van der Waals surface area contributed by atoms with Crippen molar-refractivity contribution in [1.82, 2.24) is 5.32 Å². The fourth-order valence-corrected chi connectivity index (χ4v) is 1.23. The molecule has 1 rings (SSSR count). The van der Waals surface area contributed by atoms with Gasteiger partial charge in [0.15, 0.2) is 0 Å². The monoisotopic (exact) mass is 143 g/mol. The van der Waals surface area contributed by atoms with Crippen molar-refractivity contribution in [2.24, 2.45) is 5.41 Å². The van der Waals surface area contributed by atoms with Gasteiger partial charge < -0.3 is 14.8 Å². The highest BCUT2D eigenvalue weighted by Gasteiger charge is 2.37. The van der Waals surface area contributed by atoms with E-state index in [0.29, 0.717) is 6.42 Å². The van der Waals surface area contributed by atoms with Crippen molar-refractivity contribution < 1.29 is 9.53 Å². The van der Waals surface area contributed by atoms with E-state index in [1.54, 1.807) is 0 Å². The van der Waals surface area contributed by atoms with Crippen molar-refractivity contribution in [3.63, 3.8) is 0 Å². The fourth-order valence-electron chi connectivity index (χ4n) is 1.23. The van der Waals surface area contributed by atoms with E-state index in [-0.39, 0.29) is 5.41 Å². The van der Waals surface area contributed by atoms with Crippen LogP contribution in [0.4, 0.5) is 0 Å². The van der Waals surface area contributed by atoms with Crippen LogP contribution in [-0.4, -0.2) is 33.1 Å². The Labute approximate surface area is 60.7 Å². The number of ether oxygens (including phenoxy) is 1. The fraction of sp³-hybridized carbons (Fsp3) is 0.857. The normalized spacial score (nSPS) is 21.7. The predicted octanol–water partition coefficient (Wildman–Crippen LogP) is -0.189. The summed E-state index contributed by atoms with van der Waals surface area (Å²) < 4.78 is 5.04.